The van der Waals surface area contributed by atoms with Crippen molar-refractivity contribution in [2.45, 2.75) is 26.4 Å². The summed E-state index contributed by atoms with van der Waals surface area (Å²) in [6.45, 7) is 5.03. The van der Waals surface area contributed by atoms with Crippen molar-refractivity contribution in [3.05, 3.63) is 38.3 Å². The first-order valence-electron chi connectivity index (χ1n) is 6.92. The molecule has 21 heavy (non-hydrogen) atoms. The molecule has 1 N–H and O–H groups in total. The Bertz CT molecular complexity index is 630. The molecule has 1 aliphatic heterocycles. The van der Waals surface area contributed by atoms with Crippen LogP contribution in [-0.2, 0) is 13.1 Å². The van der Waals surface area contributed by atoms with Gasteiger partial charge in [0.25, 0.3) is 0 Å². The fourth-order valence-corrected chi connectivity index (χ4v) is 3.54. The number of benzene rings is 1. The molecule has 6 heteroatoms. The molecule has 112 valence electrons. The Morgan fingerprint density at radius 1 is 1.29 bits per heavy atom. The third-order valence-electron chi connectivity index (χ3n) is 3.14. The van der Waals surface area contributed by atoms with Crippen LogP contribution < -0.4 is 14.8 Å². The van der Waals surface area contributed by atoms with Crippen molar-refractivity contribution in [2.75, 3.05) is 13.2 Å². The highest BCUT2D eigenvalue weighted by Gasteiger charge is 2.15. The molecule has 0 fully saturated rings. The Morgan fingerprint density at radius 3 is 2.95 bits per heavy atom. The Hall–Kier alpha value is -1.11. The highest BCUT2D eigenvalue weighted by Crippen LogP contribution is 2.38. The molecule has 0 saturated carbocycles. The third-order valence-corrected chi connectivity index (χ3v) is 4.64. The van der Waals surface area contributed by atoms with Crippen LogP contribution in [0.2, 0.25) is 0 Å². The van der Waals surface area contributed by atoms with Crippen LogP contribution in [-0.4, -0.2) is 18.2 Å². The summed E-state index contributed by atoms with van der Waals surface area (Å²) in [6.07, 6.45) is 2.82. The molecule has 3 rings (SSSR count). The molecule has 4 nitrogen and oxygen atoms in total. The van der Waals surface area contributed by atoms with E-state index >= 15 is 0 Å². The summed E-state index contributed by atoms with van der Waals surface area (Å²) < 4.78 is 12.4. The molecule has 0 amide bonds. The Labute approximate surface area is 136 Å². The number of thiazole rings is 1. The minimum absolute atomic E-state index is 0.701. The lowest BCUT2D eigenvalue weighted by Gasteiger charge is -2.12. The van der Waals surface area contributed by atoms with Crippen LogP contribution in [0.5, 0.6) is 11.5 Å². The van der Waals surface area contributed by atoms with E-state index in [2.05, 4.69) is 39.2 Å². The second-order valence-electron chi connectivity index (χ2n) is 4.92. The lowest BCUT2D eigenvalue weighted by atomic mass is 10.2. The number of aryl methyl sites for hydroxylation is 1. The number of nitrogens with one attached hydrogen (secondary N) is 1. The van der Waals surface area contributed by atoms with Crippen molar-refractivity contribution >= 4 is 27.3 Å². The standard InChI is InChI=1S/C15H17BrN2O2S/c1-10-7-18-14(21-10)9-17-8-11-5-12(16)15-13(6-11)19-3-2-4-20-15/h5-7,17H,2-4,8-9H2,1H3. The van der Waals surface area contributed by atoms with Gasteiger partial charge in [0.15, 0.2) is 11.5 Å². The van der Waals surface area contributed by atoms with Gasteiger partial charge in [0.1, 0.15) is 5.01 Å². The maximum Gasteiger partial charge on any atom is 0.175 e. The maximum absolute atomic E-state index is 5.74. The minimum Gasteiger partial charge on any atom is -0.490 e. The van der Waals surface area contributed by atoms with E-state index in [0.29, 0.717) is 13.2 Å². The van der Waals surface area contributed by atoms with Gasteiger partial charge in [-0.2, -0.15) is 0 Å². The van der Waals surface area contributed by atoms with Crippen molar-refractivity contribution < 1.29 is 9.47 Å². The number of nitrogens with zero attached hydrogens (tertiary/aromatic N) is 1. The molecule has 0 bridgehead atoms. The van der Waals surface area contributed by atoms with Crippen molar-refractivity contribution in [2.24, 2.45) is 0 Å². The van der Waals surface area contributed by atoms with E-state index in [1.54, 1.807) is 11.3 Å². The molecule has 2 aromatic rings. The highest BCUT2D eigenvalue weighted by atomic mass is 79.9. The van der Waals surface area contributed by atoms with E-state index in [4.69, 9.17) is 9.47 Å². The molecule has 1 aromatic heterocycles. The molecule has 0 atom stereocenters. The fraction of sp³-hybridized carbons (Fsp3) is 0.400. The number of rotatable bonds is 4. The summed E-state index contributed by atoms with van der Waals surface area (Å²) in [5.74, 6) is 1.63. The van der Waals surface area contributed by atoms with E-state index in [9.17, 15) is 0 Å². The number of fused-ring (bicyclic) bond motifs is 1. The molecule has 0 radical (unpaired) electrons. The zero-order valence-electron chi connectivity index (χ0n) is 11.8. The lowest BCUT2D eigenvalue weighted by molar-refractivity contribution is 0.296. The summed E-state index contributed by atoms with van der Waals surface area (Å²) >= 11 is 5.29. The van der Waals surface area contributed by atoms with Crippen molar-refractivity contribution in [3.8, 4) is 11.5 Å². The summed E-state index contributed by atoms with van der Waals surface area (Å²) in [5, 5.41) is 4.52. The molecule has 0 unspecified atom stereocenters. The summed E-state index contributed by atoms with van der Waals surface area (Å²) in [5.41, 5.74) is 1.17. The van der Waals surface area contributed by atoms with E-state index in [0.717, 1.165) is 40.5 Å². The van der Waals surface area contributed by atoms with Gasteiger partial charge in [-0.15, -0.1) is 11.3 Å². The number of halogens is 1. The number of aromatic nitrogens is 1. The quantitative estimate of drug-likeness (QED) is 0.893. The molecular weight excluding hydrogens is 352 g/mol. The number of hydrogen-bond acceptors (Lipinski definition) is 5. The van der Waals surface area contributed by atoms with Gasteiger partial charge >= 0.3 is 0 Å². The topological polar surface area (TPSA) is 43.4 Å². The van der Waals surface area contributed by atoms with E-state index < -0.39 is 0 Å². The normalized spacial score (nSPS) is 14.0. The van der Waals surface area contributed by atoms with Crippen LogP contribution in [0.1, 0.15) is 21.9 Å². The largest absolute Gasteiger partial charge is 0.490 e. The average molecular weight is 369 g/mol. The van der Waals surface area contributed by atoms with Gasteiger partial charge in [-0.1, -0.05) is 0 Å². The molecule has 0 saturated heterocycles. The van der Waals surface area contributed by atoms with Crippen LogP contribution in [0.4, 0.5) is 0 Å². The molecule has 1 aromatic carbocycles. The minimum atomic E-state index is 0.701. The maximum atomic E-state index is 5.74. The first-order chi connectivity index (χ1) is 10.2. The first-order valence-corrected chi connectivity index (χ1v) is 8.53. The summed E-state index contributed by atoms with van der Waals surface area (Å²) in [4.78, 5) is 5.59. The SMILES string of the molecule is Cc1cnc(CNCc2cc(Br)c3c(c2)OCCCO3)s1. The molecule has 0 spiro atoms. The second-order valence-corrected chi connectivity index (χ2v) is 7.10. The lowest BCUT2D eigenvalue weighted by Crippen LogP contribution is -2.12. The zero-order chi connectivity index (χ0) is 14.7. The van der Waals surface area contributed by atoms with Gasteiger partial charge < -0.3 is 14.8 Å². The van der Waals surface area contributed by atoms with Gasteiger partial charge in [0.05, 0.1) is 17.7 Å². The third kappa shape index (κ3) is 3.75. The second kappa shape index (κ2) is 6.77. The Balaban J connectivity index is 1.65. The van der Waals surface area contributed by atoms with Crippen LogP contribution in [0.15, 0.2) is 22.8 Å². The predicted molar refractivity (Wildman–Crippen MR) is 87.1 cm³/mol. The van der Waals surface area contributed by atoms with E-state index in [1.807, 2.05) is 12.3 Å². The molecule has 1 aliphatic rings. The van der Waals surface area contributed by atoms with Crippen molar-refractivity contribution in [1.29, 1.82) is 0 Å². The van der Waals surface area contributed by atoms with E-state index in [-0.39, 0.29) is 0 Å². The zero-order valence-corrected chi connectivity index (χ0v) is 14.2. The van der Waals surface area contributed by atoms with Crippen LogP contribution in [0.25, 0.3) is 0 Å². The Morgan fingerprint density at radius 2 is 2.14 bits per heavy atom. The monoisotopic (exact) mass is 368 g/mol. The van der Waals surface area contributed by atoms with Crippen molar-refractivity contribution in [3.63, 3.8) is 0 Å². The molecular formula is C15H17BrN2O2S. The van der Waals surface area contributed by atoms with Gasteiger partial charge in [-0.25, -0.2) is 4.98 Å². The molecule has 0 aliphatic carbocycles. The van der Waals surface area contributed by atoms with Crippen LogP contribution in [0, 0.1) is 6.92 Å². The summed E-state index contributed by atoms with van der Waals surface area (Å²) in [6, 6.07) is 4.12. The van der Waals surface area contributed by atoms with Gasteiger partial charge in [-0.3, -0.25) is 0 Å². The van der Waals surface area contributed by atoms with Gasteiger partial charge in [0, 0.05) is 30.6 Å². The highest BCUT2D eigenvalue weighted by molar-refractivity contribution is 9.10. The van der Waals surface area contributed by atoms with Crippen LogP contribution >= 0.6 is 27.3 Å². The Kier molecular flexibility index (Phi) is 4.77. The fourth-order valence-electron chi connectivity index (χ4n) is 2.18. The molecule has 2 heterocycles. The number of ether oxygens (including phenoxy) is 2. The first kappa shape index (κ1) is 14.8. The van der Waals surface area contributed by atoms with Crippen molar-refractivity contribution in [1.82, 2.24) is 10.3 Å². The van der Waals surface area contributed by atoms with Gasteiger partial charge in [0.2, 0.25) is 0 Å². The van der Waals surface area contributed by atoms with E-state index in [1.165, 1.54) is 10.4 Å². The van der Waals surface area contributed by atoms with Crippen LogP contribution in [0.3, 0.4) is 0 Å². The predicted octanol–water partition coefficient (Wildman–Crippen LogP) is 3.67. The average Bonchev–Trinajstić information content (AvgIpc) is 2.73. The smallest absolute Gasteiger partial charge is 0.175 e. The van der Waals surface area contributed by atoms with Gasteiger partial charge in [-0.05, 0) is 40.5 Å². The summed E-state index contributed by atoms with van der Waals surface area (Å²) in [7, 11) is 0. The number of hydrogen-bond donors (Lipinski definition) is 1.